The Hall–Kier alpha value is -2.20. The zero-order valence-electron chi connectivity index (χ0n) is 12.7. The highest BCUT2D eigenvalue weighted by Crippen LogP contribution is 2.26. The maximum atomic E-state index is 6.03. The smallest absolute Gasteiger partial charge is 0.136 e. The van der Waals surface area contributed by atoms with E-state index in [0.717, 1.165) is 22.7 Å². The fourth-order valence-corrected chi connectivity index (χ4v) is 2.09. The van der Waals surface area contributed by atoms with Crippen LogP contribution in [0.2, 0.25) is 0 Å². The van der Waals surface area contributed by atoms with Crippen LogP contribution in [-0.2, 0) is 0 Å². The molecule has 4 nitrogen and oxygen atoms in total. The normalized spacial score (nSPS) is 11.8. The molecule has 0 amide bonds. The summed E-state index contributed by atoms with van der Waals surface area (Å²) >= 11 is 0. The van der Waals surface area contributed by atoms with Crippen molar-refractivity contribution in [1.29, 1.82) is 0 Å². The summed E-state index contributed by atoms with van der Waals surface area (Å²) in [6.45, 7) is 0.402. The van der Waals surface area contributed by atoms with Crippen LogP contribution in [0.4, 0.5) is 5.69 Å². The molecule has 0 aliphatic rings. The zero-order valence-corrected chi connectivity index (χ0v) is 12.7. The van der Waals surface area contributed by atoms with E-state index in [0.29, 0.717) is 6.54 Å². The molecule has 2 N–H and O–H groups in total. The fourth-order valence-electron chi connectivity index (χ4n) is 2.09. The number of nitrogens with zero attached hydrogens (tertiary/aromatic N) is 1. The zero-order chi connectivity index (χ0) is 15.2. The number of methoxy groups -OCH3 is 1. The highest BCUT2D eigenvalue weighted by Gasteiger charge is 2.13. The molecule has 112 valence electrons. The van der Waals surface area contributed by atoms with Crippen LogP contribution < -0.4 is 20.1 Å². The van der Waals surface area contributed by atoms with Crippen molar-refractivity contribution in [2.45, 2.75) is 6.10 Å². The maximum Gasteiger partial charge on any atom is 0.136 e. The molecule has 2 aromatic carbocycles. The average molecular weight is 286 g/mol. The quantitative estimate of drug-likeness (QED) is 0.887. The predicted molar refractivity (Wildman–Crippen MR) is 86.2 cm³/mol. The van der Waals surface area contributed by atoms with Gasteiger partial charge >= 0.3 is 0 Å². The number of hydrogen-bond donors (Lipinski definition) is 1. The van der Waals surface area contributed by atoms with Crippen molar-refractivity contribution in [1.82, 2.24) is 0 Å². The molecular weight excluding hydrogens is 264 g/mol. The molecule has 4 heteroatoms. The van der Waals surface area contributed by atoms with Gasteiger partial charge in [-0.1, -0.05) is 18.2 Å². The molecular formula is C17H22N2O2. The number of benzene rings is 2. The van der Waals surface area contributed by atoms with Gasteiger partial charge in [0.2, 0.25) is 0 Å². The number of anilines is 1. The van der Waals surface area contributed by atoms with E-state index >= 15 is 0 Å². The minimum Gasteiger partial charge on any atom is -0.497 e. The molecule has 0 aliphatic heterocycles. The van der Waals surface area contributed by atoms with E-state index in [2.05, 4.69) is 0 Å². The first kappa shape index (κ1) is 15.2. The molecule has 0 bridgehead atoms. The maximum absolute atomic E-state index is 6.03. The fraction of sp³-hybridized carbons (Fsp3) is 0.294. The molecule has 0 fully saturated rings. The molecule has 2 rings (SSSR count). The van der Waals surface area contributed by atoms with E-state index in [9.17, 15) is 0 Å². The Balaban J connectivity index is 2.20. The molecule has 0 saturated heterocycles. The second-order valence-electron chi connectivity index (χ2n) is 5.01. The van der Waals surface area contributed by atoms with Crippen molar-refractivity contribution in [3.05, 3.63) is 54.1 Å². The first-order chi connectivity index (χ1) is 10.1. The highest BCUT2D eigenvalue weighted by molar-refractivity contribution is 5.49. The van der Waals surface area contributed by atoms with Crippen LogP contribution in [0.5, 0.6) is 11.5 Å². The van der Waals surface area contributed by atoms with Gasteiger partial charge in [0.25, 0.3) is 0 Å². The molecule has 1 unspecified atom stereocenters. The van der Waals surface area contributed by atoms with Gasteiger partial charge in [0.05, 0.1) is 7.11 Å². The summed E-state index contributed by atoms with van der Waals surface area (Å²) in [4.78, 5) is 2.04. The number of ether oxygens (including phenoxy) is 2. The van der Waals surface area contributed by atoms with Crippen molar-refractivity contribution < 1.29 is 9.47 Å². The third-order valence-electron chi connectivity index (χ3n) is 3.29. The molecule has 0 spiro atoms. The molecule has 2 aromatic rings. The van der Waals surface area contributed by atoms with Gasteiger partial charge < -0.3 is 20.1 Å². The van der Waals surface area contributed by atoms with Crippen molar-refractivity contribution >= 4 is 5.69 Å². The molecule has 21 heavy (non-hydrogen) atoms. The lowest BCUT2D eigenvalue weighted by molar-refractivity contribution is 0.214. The van der Waals surface area contributed by atoms with E-state index in [1.165, 1.54) is 0 Å². The lowest BCUT2D eigenvalue weighted by Crippen LogP contribution is -2.18. The van der Waals surface area contributed by atoms with Gasteiger partial charge in [-0.2, -0.15) is 0 Å². The molecule has 0 aliphatic carbocycles. The average Bonchev–Trinajstić information content (AvgIpc) is 2.53. The van der Waals surface area contributed by atoms with Crippen LogP contribution in [-0.4, -0.2) is 27.7 Å². The summed E-state index contributed by atoms with van der Waals surface area (Å²) in [6, 6.07) is 15.8. The van der Waals surface area contributed by atoms with Crippen LogP contribution in [0.15, 0.2) is 48.5 Å². The van der Waals surface area contributed by atoms with Crippen molar-refractivity contribution in [3.63, 3.8) is 0 Å². The molecule has 0 aromatic heterocycles. The van der Waals surface area contributed by atoms with Gasteiger partial charge in [0.15, 0.2) is 0 Å². The third kappa shape index (κ3) is 3.89. The Kier molecular flexibility index (Phi) is 5.06. The minimum absolute atomic E-state index is 0.197. The standard InChI is InChI=1S/C17H22N2O2/c1-19(2)14-7-5-9-16(11-14)21-17(12-18)13-6-4-8-15(10-13)20-3/h4-11,17H,12,18H2,1-3H3. The SMILES string of the molecule is COc1cccc(C(CN)Oc2cccc(N(C)C)c2)c1. The van der Waals surface area contributed by atoms with Gasteiger partial charge in [-0.3, -0.25) is 0 Å². The Morgan fingerprint density at radius 1 is 1.05 bits per heavy atom. The van der Waals surface area contributed by atoms with Gasteiger partial charge in [0.1, 0.15) is 17.6 Å². The van der Waals surface area contributed by atoms with E-state index in [1.54, 1.807) is 7.11 Å². The lowest BCUT2D eigenvalue weighted by atomic mass is 10.1. The van der Waals surface area contributed by atoms with Gasteiger partial charge in [-0.25, -0.2) is 0 Å². The molecule has 0 radical (unpaired) electrons. The first-order valence-electron chi connectivity index (χ1n) is 6.92. The third-order valence-corrected chi connectivity index (χ3v) is 3.29. The summed E-state index contributed by atoms with van der Waals surface area (Å²) in [5, 5.41) is 0. The Bertz CT molecular complexity index is 585. The van der Waals surface area contributed by atoms with E-state index in [4.69, 9.17) is 15.2 Å². The molecule has 0 saturated carbocycles. The van der Waals surface area contributed by atoms with Gasteiger partial charge in [-0.15, -0.1) is 0 Å². The van der Waals surface area contributed by atoms with Crippen LogP contribution in [0.3, 0.4) is 0 Å². The second-order valence-corrected chi connectivity index (χ2v) is 5.01. The Morgan fingerprint density at radius 3 is 2.43 bits per heavy atom. The van der Waals surface area contributed by atoms with Crippen LogP contribution in [0.1, 0.15) is 11.7 Å². The minimum atomic E-state index is -0.197. The second kappa shape index (κ2) is 6.99. The first-order valence-corrected chi connectivity index (χ1v) is 6.92. The Labute approximate surface area is 126 Å². The van der Waals surface area contributed by atoms with Crippen molar-refractivity contribution in [2.75, 3.05) is 32.6 Å². The predicted octanol–water partition coefficient (Wildman–Crippen LogP) is 2.84. The van der Waals surface area contributed by atoms with Crippen LogP contribution in [0, 0.1) is 0 Å². The van der Waals surface area contributed by atoms with Crippen molar-refractivity contribution in [2.24, 2.45) is 5.73 Å². The summed E-state index contributed by atoms with van der Waals surface area (Å²) in [5.41, 5.74) is 7.96. The van der Waals surface area contributed by atoms with Gasteiger partial charge in [0, 0.05) is 32.4 Å². The summed E-state index contributed by atoms with van der Waals surface area (Å²) in [7, 11) is 5.65. The van der Waals surface area contributed by atoms with Crippen LogP contribution >= 0.6 is 0 Å². The molecule has 1 atom stereocenters. The van der Waals surface area contributed by atoms with Gasteiger partial charge in [-0.05, 0) is 29.8 Å². The molecule has 0 heterocycles. The lowest BCUT2D eigenvalue weighted by Gasteiger charge is -2.20. The number of nitrogens with two attached hydrogens (primary N) is 1. The Morgan fingerprint density at radius 2 is 1.76 bits per heavy atom. The summed E-state index contributed by atoms with van der Waals surface area (Å²) in [6.07, 6.45) is -0.197. The van der Waals surface area contributed by atoms with Crippen LogP contribution in [0.25, 0.3) is 0 Å². The monoisotopic (exact) mass is 286 g/mol. The van der Waals surface area contributed by atoms with E-state index in [1.807, 2.05) is 67.5 Å². The van der Waals surface area contributed by atoms with E-state index < -0.39 is 0 Å². The highest BCUT2D eigenvalue weighted by atomic mass is 16.5. The summed E-state index contributed by atoms with van der Waals surface area (Å²) < 4.78 is 11.3. The summed E-state index contributed by atoms with van der Waals surface area (Å²) in [5.74, 6) is 1.61. The number of rotatable bonds is 6. The topological polar surface area (TPSA) is 47.7 Å². The number of hydrogen-bond acceptors (Lipinski definition) is 4. The largest absolute Gasteiger partial charge is 0.497 e. The van der Waals surface area contributed by atoms with Crippen molar-refractivity contribution in [3.8, 4) is 11.5 Å². The van der Waals surface area contributed by atoms with E-state index in [-0.39, 0.29) is 6.10 Å².